The van der Waals surface area contributed by atoms with Gasteiger partial charge in [-0.15, -0.1) is 0 Å². The number of halogens is 3. The van der Waals surface area contributed by atoms with Gasteiger partial charge in [0.05, 0.1) is 10.0 Å². The highest BCUT2D eigenvalue weighted by molar-refractivity contribution is 9.10. The van der Waals surface area contributed by atoms with Gasteiger partial charge in [-0.2, -0.15) is 4.98 Å². The fraction of sp³-hybridized carbons (Fsp3) is 0.429. The molecule has 1 aliphatic rings. The van der Waals surface area contributed by atoms with E-state index in [4.69, 9.17) is 10.3 Å². The van der Waals surface area contributed by atoms with Crippen LogP contribution in [0.5, 0.6) is 0 Å². The number of nitrogens with zero attached hydrogens (tertiary/aromatic N) is 2. The van der Waals surface area contributed by atoms with E-state index in [-0.39, 0.29) is 10.3 Å². The number of nitrogens with two attached hydrogens (primary N) is 1. The van der Waals surface area contributed by atoms with Crippen molar-refractivity contribution in [3.05, 3.63) is 34.1 Å². The van der Waals surface area contributed by atoms with Crippen LogP contribution in [0.15, 0.2) is 21.1 Å². The summed E-state index contributed by atoms with van der Waals surface area (Å²) in [4.78, 5) is 4.29. The SMILES string of the molecule is NC1(c2nc(-c3ccc(F)c(F)c3Br)no2)CCCCC1. The first-order valence-electron chi connectivity index (χ1n) is 6.78. The lowest BCUT2D eigenvalue weighted by atomic mass is 9.82. The van der Waals surface area contributed by atoms with Gasteiger partial charge < -0.3 is 10.3 Å². The summed E-state index contributed by atoms with van der Waals surface area (Å²) >= 11 is 3.02. The normalized spacial score (nSPS) is 17.9. The zero-order chi connectivity index (χ0) is 15.0. The largest absolute Gasteiger partial charge is 0.337 e. The predicted octanol–water partition coefficient (Wildman–Crippen LogP) is 3.90. The molecule has 0 unspecified atom stereocenters. The maximum Gasteiger partial charge on any atom is 0.247 e. The first-order valence-corrected chi connectivity index (χ1v) is 7.57. The molecule has 0 amide bonds. The Kier molecular flexibility index (Phi) is 3.79. The molecule has 0 saturated heterocycles. The fourth-order valence-electron chi connectivity index (χ4n) is 2.63. The standard InChI is InChI=1S/C14H14BrF2N3O/c15-10-8(4-5-9(16)11(10)17)12-19-13(21-20-12)14(18)6-2-1-3-7-14/h4-5H,1-3,6-7,18H2. The minimum absolute atomic E-state index is 0.0236. The van der Waals surface area contributed by atoms with Crippen molar-refractivity contribution in [1.82, 2.24) is 10.1 Å². The minimum Gasteiger partial charge on any atom is -0.337 e. The van der Waals surface area contributed by atoms with Crippen LogP contribution in [0, 0.1) is 11.6 Å². The summed E-state index contributed by atoms with van der Waals surface area (Å²) in [6.07, 6.45) is 4.75. The monoisotopic (exact) mass is 357 g/mol. The lowest BCUT2D eigenvalue weighted by Gasteiger charge is -2.29. The van der Waals surface area contributed by atoms with Crippen molar-refractivity contribution >= 4 is 15.9 Å². The molecule has 0 atom stereocenters. The molecular formula is C14H14BrF2N3O. The van der Waals surface area contributed by atoms with E-state index in [0.717, 1.165) is 38.2 Å². The molecule has 7 heteroatoms. The maximum atomic E-state index is 13.6. The second kappa shape index (κ2) is 5.46. The highest BCUT2D eigenvalue weighted by Crippen LogP contribution is 2.36. The van der Waals surface area contributed by atoms with Crippen LogP contribution >= 0.6 is 15.9 Å². The molecular weight excluding hydrogens is 344 g/mol. The molecule has 0 aliphatic heterocycles. The Morgan fingerprint density at radius 1 is 1.19 bits per heavy atom. The van der Waals surface area contributed by atoms with Gasteiger partial charge in [-0.05, 0) is 40.9 Å². The van der Waals surface area contributed by atoms with Gasteiger partial charge in [-0.25, -0.2) is 8.78 Å². The molecule has 0 spiro atoms. The summed E-state index contributed by atoms with van der Waals surface area (Å²) < 4.78 is 32.0. The average Bonchev–Trinajstić information content (AvgIpc) is 2.96. The lowest BCUT2D eigenvalue weighted by molar-refractivity contribution is 0.220. The molecule has 1 aliphatic carbocycles. The summed E-state index contributed by atoms with van der Waals surface area (Å²) in [5.74, 6) is -1.35. The van der Waals surface area contributed by atoms with Gasteiger partial charge in [-0.3, -0.25) is 0 Å². The van der Waals surface area contributed by atoms with Crippen LogP contribution in [0.25, 0.3) is 11.4 Å². The fourth-order valence-corrected chi connectivity index (χ4v) is 3.13. The Balaban J connectivity index is 1.97. The summed E-state index contributed by atoms with van der Waals surface area (Å²) in [6.45, 7) is 0. The van der Waals surface area contributed by atoms with Gasteiger partial charge >= 0.3 is 0 Å². The number of aromatic nitrogens is 2. The Morgan fingerprint density at radius 2 is 1.90 bits per heavy atom. The van der Waals surface area contributed by atoms with Crippen LogP contribution in [0.4, 0.5) is 8.78 Å². The van der Waals surface area contributed by atoms with Crippen molar-refractivity contribution < 1.29 is 13.3 Å². The van der Waals surface area contributed by atoms with E-state index in [0.29, 0.717) is 11.5 Å². The van der Waals surface area contributed by atoms with Crippen LogP contribution in [-0.2, 0) is 5.54 Å². The van der Waals surface area contributed by atoms with Crippen molar-refractivity contribution in [2.75, 3.05) is 0 Å². The molecule has 21 heavy (non-hydrogen) atoms. The van der Waals surface area contributed by atoms with E-state index < -0.39 is 17.2 Å². The van der Waals surface area contributed by atoms with Crippen LogP contribution in [0.2, 0.25) is 0 Å². The van der Waals surface area contributed by atoms with Crippen molar-refractivity contribution in [3.63, 3.8) is 0 Å². The number of rotatable bonds is 2. The smallest absolute Gasteiger partial charge is 0.247 e. The highest BCUT2D eigenvalue weighted by atomic mass is 79.9. The molecule has 112 valence electrons. The van der Waals surface area contributed by atoms with E-state index in [2.05, 4.69) is 26.1 Å². The van der Waals surface area contributed by atoms with Crippen molar-refractivity contribution in [3.8, 4) is 11.4 Å². The van der Waals surface area contributed by atoms with Gasteiger partial charge in [0.25, 0.3) is 0 Å². The van der Waals surface area contributed by atoms with Crippen LogP contribution in [0.1, 0.15) is 38.0 Å². The molecule has 1 saturated carbocycles. The van der Waals surface area contributed by atoms with Gasteiger partial charge in [0, 0.05) is 5.56 Å². The Labute approximate surface area is 128 Å². The molecule has 1 heterocycles. The molecule has 2 aromatic rings. The van der Waals surface area contributed by atoms with Gasteiger partial charge in [0.1, 0.15) is 0 Å². The Hall–Kier alpha value is -1.34. The molecule has 4 nitrogen and oxygen atoms in total. The second-order valence-corrected chi connectivity index (χ2v) is 6.16. The van der Waals surface area contributed by atoms with E-state index in [1.165, 1.54) is 6.07 Å². The molecule has 1 aromatic heterocycles. The Bertz CT molecular complexity index is 668. The van der Waals surface area contributed by atoms with Crippen molar-refractivity contribution in [2.45, 2.75) is 37.6 Å². The van der Waals surface area contributed by atoms with E-state index in [9.17, 15) is 8.78 Å². The first-order chi connectivity index (χ1) is 10.0. The number of hydrogen-bond donors (Lipinski definition) is 1. The molecule has 1 fully saturated rings. The first kappa shape index (κ1) is 14.6. The molecule has 1 aromatic carbocycles. The van der Waals surface area contributed by atoms with Crippen LogP contribution in [0.3, 0.4) is 0 Å². The zero-order valence-corrected chi connectivity index (χ0v) is 12.8. The second-order valence-electron chi connectivity index (χ2n) is 5.36. The molecule has 2 N–H and O–H groups in total. The summed E-state index contributed by atoms with van der Waals surface area (Å²) in [5, 5.41) is 3.85. The molecule has 3 rings (SSSR count). The third-order valence-electron chi connectivity index (χ3n) is 3.87. The third-order valence-corrected chi connectivity index (χ3v) is 4.65. The maximum absolute atomic E-state index is 13.6. The van der Waals surface area contributed by atoms with E-state index in [1.807, 2.05) is 0 Å². The van der Waals surface area contributed by atoms with Crippen LogP contribution in [-0.4, -0.2) is 10.1 Å². The van der Waals surface area contributed by atoms with E-state index >= 15 is 0 Å². The quantitative estimate of drug-likeness (QED) is 0.827. The molecule has 0 radical (unpaired) electrons. The lowest BCUT2D eigenvalue weighted by Crippen LogP contribution is -2.38. The topological polar surface area (TPSA) is 64.9 Å². The highest BCUT2D eigenvalue weighted by Gasteiger charge is 2.35. The zero-order valence-electron chi connectivity index (χ0n) is 11.2. The number of hydrogen-bond acceptors (Lipinski definition) is 4. The van der Waals surface area contributed by atoms with Crippen molar-refractivity contribution in [2.24, 2.45) is 5.73 Å². The van der Waals surface area contributed by atoms with Gasteiger partial charge in [0.2, 0.25) is 11.7 Å². The van der Waals surface area contributed by atoms with Crippen LogP contribution < -0.4 is 5.73 Å². The predicted molar refractivity (Wildman–Crippen MR) is 76.3 cm³/mol. The van der Waals surface area contributed by atoms with Crippen molar-refractivity contribution in [1.29, 1.82) is 0 Å². The average molecular weight is 358 g/mol. The summed E-state index contributed by atoms with van der Waals surface area (Å²) in [7, 11) is 0. The van der Waals surface area contributed by atoms with E-state index in [1.54, 1.807) is 0 Å². The Morgan fingerprint density at radius 3 is 2.62 bits per heavy atom. The molecule has 0 bridgehead atoms. The number of benzene rings is 1. The third kappa shape index (κ3) is 2.60. The summed E-state index contributed by atoms with van der Waals surface area (Å²) in [6, 6.07) is 2.44. The minimum atomic E-state index is -0.973. The summed E-state index contributed by atoms with van der Waals surface area (Å²) in [5.41, 5.74) is 6.04. The van der Waals surface area contributed by atoms with Gasteiger partial charge in [-0.1, -0.05) is 24.4 Å². The van der Waals surface area contributed by atoms with Gasteiger partial charge in [0.15, 0.2) is 11.6 Å².